The molecule has 4 nitrogen and oxygen atoms in total. The Hall–Kier alpha value is -2.85. The minimum Gasteiger partial charge on any atom is -0.494 e. The summed E-state index contributed by atoms with van der Waals surface area (Å²) in [6.07, 6.45) is 0.979. The summed E-state index contributed by atoms with van der Waals surface area (Å²) in [7, 11) is 4.10. The normalized spacial score (nSPS) is 10.9. The standard InChI is InChI=1S/C22H24N2O2/c1-24(2)15-6-16-26-19-13-11-18(12-14-19)23-22(25)21-10-5-8-17-7-3-4-9-20(17)21/h3-5,7-14H,6,15-16H2,1-2H3,(H,23,25). The molecular formula is C22H24N2O2. The van der Waals surface area contributed by atoms with Crippen molar-refractivity contribution in [1.82, 2.24) is 4.90 Å². The number of ether oxygens (including phenoxy) is 1. The van der Waals surface area contributed by atoms with Gasteiger partial charge in [0.15, 0.2) is 0 Å². The molecule has 4 heteroatoms. The molecule has 0 saturated carbocycles. The number of hydrogen-bond donors (Lipinski definition) is 1. The molecule has 1 amide bonds. The Bertz CT molecular complexity index is 867. The summed E-state index contributed by atoms with van der Waals surface area (Å²) in [6.45, 7) is 1.68. The second kappa shape index (κ2) is 8.50. The van der Waals surface area contributed by atoms with Gasteiger partial charge in [0, 0.05) is 17.8 Å². The van der Waals surface area contributed by atoms with Gasteiger partial charge in [-0.25, -0.2) is 0 Å². The zero-order valence-electron chi connectivity index (χ0n) is 15.2. The smallest absolute Gasteiger partial charge is 0.256 e. The van der Waals surface area contributed by atoms with Gasteiger partial charge in [0.05, 0.1) is 6.61 Å². The van der Waals surface area contributed by atoms with Crippen molar-refractivity contribution in [2.45, 2.75) is 6.42 Å². The van der Waals surface area contributed by atoms with Crippen LogP contribution >= 0.6 is 0 Å². The van der Waals surface area contributed by atoms with Gasteiger partial charge in [-0.2, -0.15) is 0 Å². The van der Waals surface area contributed by atoms with Crippen molar-refractivity contribution in [3.63, 3.8) is 0 Å². The minimum absolute atomic E-state index is 0.110. The number of anilines is 1. The van der Waals surface area contributed by atoms with Crippen LogP contribution in [-0.4, -0.2) is 38.1 Å². The van der Waals surface area contributed by atoms with E-state index in [1.165, 1.54) is 0 Å². The molecule has 0 bridgehead atoms. The maximum atomic E-state index is 12.6. The van der Waals surface area contributed by atoms with Gasteiger partial charge >= 0.3 is 0 Å². The molecule has 0 atom stereocenters. The third-order valence-electron chi connectivity index (χ3n) is 4.16. The lowest BCUT2D eigenvalue weighted by Gasteiger charge is -2.11. The van der Waals surface area contributed by atoms with Crippen molar-refractivity contribution < 1.29 is 9.53 Å². The Morgan fingerprint density at radius 3 is 2.46 bits per heavy atom. The number of benzene rings is 3. The number of hydrogen-bond acceptors (Lipinski definition) is 3. The van der Waals surface area contributed by atoms with Gasteiger partial charge in [0.2, 0.25) is 0 Å². The van der Waals surface area contributed by atoms with Crippen LogP contribution in [0.5, 0.6) is 5.75 Å². The Kier molecular flexibility index (Phi) is 5.87. The van der Waals surface area contributed by atoms with Gasteiger partial charge in [0.1, 0.15) is 5.75 Å². The van der Waals surface area contributed by atoms with Crippen molar-refractivity contribution in [3.05, 3.63) is 72.3 Å². The summed E-state index contributed by atoms with van der Waals surface area (Å²) in [5.74, 6) is 0.702. The lowest BCUT2D eigenvalue weighted by molar-refractivity contribution is 0.102. The van der Waals surface area contributed by atoms with Gasteiger partial charge in [-0.3, -0.25) is 4.79 Å². The molecule has 0 aliphatic rings. The van der Waals surface area contributed by atoms with Gasteiger partial charge in [-0.05, 0) is 61.6 Å². The van der Waals surface area contributed by atoms with E-state index in [-0.39, 0.29) is 5.91 Å². The van der Waals surface area contributed by atoms with Gasteiger partial charge in [0.25, 0.3) is 5.91 Å². The average Bonchev–Trinajstić information content (AvgIpc) is 2.66. The maximum Gasteiger partial charge on any atom is 0.256 e. The minimum atomic E-state index is -0.110. The van der Waals surface area contributed by atoms with E-state index in [1.807, 2.05) is 80.8 Å². The van der Waals surface area contributed by atoms with Crippen molar-refractivity contribution in [2.24, 2.45) is 0 Å². The molecule has 0 aliphatic heterocycles. The highest BCUT2D eigenvalue weighted by molar-refractivity contribution is 6.12. The quantitative estimate of drug-likeness (QED) is 0.643. The maximum absolute atomic E-state index is 12.6. The summed E-state index contributed by atoms with van der Waals surface area (Å²) in [5, 5.41) is 4.97. The first-order valence-corrected chi connectivity index (χ1v) is 8.80. The molecule has 0 heterocycles. The fraction of sp³-hybridized carbons (Fsp3) is 0.227. The lowest BCUT2D eigenvalue weighted by Crippen LogP contribution is -2.15. The zero-order valence-corrected chi connectivity index (χ0v) is 15.2. The molecule has 1 N–H and O–H groups in total. The fourth-order valence-corrected chi connectivity index (χ4v) is 2.83. The Labute approximate surface area is 154 Å². The molecule has 0 radical (unpaired) electrons. The van der Waals surface area contributed by atoms with E-state index in [0.717, 1.165) is 35.2 Å². The van der Waals surface area contributed by atoms with Crippen LogP contribution in [0.3, 0.4) is 0 Å². The first-order chi connectivity index (χ1) is 12.6. The van der Waals surface area contributed by atoms with Crippen LogP contribution in [-0.2, 0) is 0 Å². The van der Waals surface area contributed by atoms with Crippen LogP contribution in [0.1, 0.15) is 16.8 Å². The summed E-state index contributed by atoms with van der Waals surface area (Å²) in [6, 6.07) is 21.2. The summed E-state index contributed by atoms with van der Waals surface area (Å²) >= 11 is 0. The van der Waals surface area contributed by atoms with E-state index >= 15 is 0 Å². The Morgan fingerprint density at radius 1 is 0.962 bits per heavy atom. The third-order valence-corrected chi connectivity index (χ3v) is 4.16. The van der Waals surface area contributed by atoms with Crippen LogP contribution in [0.25, 0.3) is 10.8 Å². The first-order valence-electron chi connectivity index (χ1n) is 8.80. The molecule has 3 aromatic carbocycles. The number of nitrogens with zero attached hydrogens (tertiary/aromatic N) is 1. The SMILES string of the molecule is CN(C)CCCOc1ccc(NC(=O)c2cccc3ccccc23)cc1. The number of amides is 1. The number of rotatable bonds is 7. The number of fused-ring (bicyclic) bond motifs is 1. The van der Waals surface area contributed by atoms with Crippen LogP contribution < -0.4 is 10.1 Å². The van der Waals surface area contributed by atoms with Gasteiger partial charge < -0.3 is 15.0 Å². The zero-order chi connectivity index (χ0) is 18.4. The molecule has 0 aliphatic carbocycles. The van der Waals surface area contributed by atoms with E-state index in [4.69, 9.17) is 4.74 Å². The van der Waals surface area contributed by atoms with Crippen molar-refractivity contribution in [3.8, 4) is 5.75 Å². The van der Waals surface area contributed by atoms with Crippen LogP contribution in [0.4, 0.5) is 5.69 Å². The van der Waals surface area contributed by atoms with Crippen LogP contribution in [0.15, 0.2) is 66.7 Å². The summed E-state index contributed by atoms with van der Waals surface area (Å²) in [4.78, 5) is 14.8. The van der Waals surface area contributed by atoms with E-state index < -0.39 is 0 Å². The predicted molar refractivity (Wildman–Crippen MR) is 107 cm³/mol. The summed E-state index contributed by atoms with van der Waals surface area (Å²) < 4.78 is 5.72. The number of nitrogens with one attached hydrogen (secondary N) is 1. The van der Waals surface area contributed by atoms with Gasteiger partial charge in [-0.15, -0.1) is 0 Å². The Morgan fingerprint density at radius 2 is 1.69 bits per heavy atom. The molecule has 3 aromatic rings. The van der Waals surface area contributed by atoms with Crippen molar-refractivity contribution in [2.75, 3.05) is 32.6 Å². The summed E-state index contributed by atoms with van der Waals surface area (Å²) in [5.41, 5.74) is 1.43. The largest absolute Gasteiger partial charge is 0.494 e. The molecule has 0 fully saturated rings. The van der Waals surface area contributed by atoms with Crippen LogP contribution in [0.2, 0.25) is 0 Å². The van der Waals surface area contributed by atoms with E-state index in [1.54, 1.807) is 0 Å². The van der Waals surface area contributed by atoms with E-state index in [9.17, 15) is 4.79 Å². The van der Waals surface area contributed by atoms with E-state index in [0.29, 0.717) is 12.2 Å². The number of carbonyl (C=O) groups excluding carboxylic acids is 1. The third kappa shape index (κ3) is 4.61. The highest BCUT2D eigenvalue weighted by Crippen LogP contribution is 2.21. The fourth-order valence-electron chi connectivity index (χ4n) is 2.83. The number of carbonyl (C=O) groups is 1. The molecule has 0 saturated heterocycles. The highest BCUT2D eigenvalue weighted by atomic mass is 16.5. The molecule has 0 aromatic heterocycles. The predicted octanol–water partition coefficient (Wildman–Crippen LogP) is 4.42. The topological polar surface area (TPSA) is 41.6 Å². The van der Waals surface area contributed by atoms with E-state index in [2.05, 4.69) is 10.2 Å². The van der Waals surface area contributed by atoms with Crippen molar-refractivity contribution >= 4 is 22.4 Å². The second-order valence-corrected chi connectivity index (χ2v) is 6.51. The highest BCUT2D eigenvalue weighted by Gasteiger charge is 2.10. The van der Waals surface area contributed by atoms with Crippen LogP contribution in [0, 0.1) is 0 Å². The molecule has 0 spiro atoms. The Balaban J connectivity index is 1.62. The van der Waals surface area contributed by atoms with Crippen molar-refractivity contribution in [1.29, 1.82) is 0 Å². The molecule has 3 rings (SSSR count). The lowest BCUT2D eigenvalue weighted by atomic mass is 10.0. The molecule has 26 heavy (non-hydrogen) atoms. The molecular weight excluding hydrogens is 324 g/mol. The first kappa shape index (κ1) is 18.0. The molecule has 0 unspecified atom stereocenters. The second-order valence-electron chi connectivity index (χ2n) is 6.51. The monoisotopic (exact) mass is 348 g/mol. The molecule has 134 valence electrons. The average molecular weight is 348 g/mol. The van der Waals surface area contributed by atoms with Gasteiger partial charge in [-0.1, -0.05) is 36.4 Å².